The van der Waals surface area contributed by atoms with Crippen LogP contribution in [0.4, 0.5) is 13.2 Å². The summed E-state index contributed by atoms with van der Waals surface area (Å²) >= 11 is 1.71. The van der Waals surface area contributed by atoms with Gasteiger partial charge in [0, 0.05) is 22.8 Å². The van der Waals surface area contributed by atoms with Crippen LogP contribution in [0, 0.1) is 17.5 Å². The van der Waals surface area contributed by atoms with Gasteiger partial charge in [-0.15, -0.1) is 11.3 Å². The summed E-state index contributed by atoms with van der Waals surface area (Å²) in [5, 5.41) is 3.08. The summed E-state index contributed by atoms with van der Waals surface area (Å²) in [5.74, 6) is -3.73. The lowest BCUT2D eigenvalue weighted by atomic mass is 10.2. The van der Waals surface area contributed by atoms with Gasteiger partial charge in [0.05, 0.1) is 0 Å². The molecule has 0 fully saturated rings. The summed E-state index contributed by atoms with van der Waals surface area (Å²) in [6.45, 7) is 3.02. The molecule has 0 saturated heterocycles. The Morgan fingerprint density at radius 3 is 2.21 bits per heavy atom. The first-order chi connectivity index (χ1) is 9.10. The fraction of sp³-hybridized carbons (Fsp3) is 0.286. The van der Waals surface area contributed by atoms with Crippen molar-refractivity contribution in [3.8, 4) is 0 Å². The Balaban J connectivity index is 1.92. The molecule has 5 heteroatoms. The monoisotopic (exact) mass is 285 g/mol. The van der Waals surface area contributed by atoms with Crippen molar-refractivity contribution >= 4 is 11.3 Å². The van der Waals surface area contributed by atoms with Gasteiger partial charge in [-0.2, -0.15) is 0 Å². The summed E-state index contributed by atoms with van der Waals surface area (Å²) in [6, 6.07) is 6.12. The van der Waals surface area contributed by atoms with Crippen molar-refractivity contribution in [2.24, 2.45) is 0 Å². The van der Waals surface area contributed by atoms with Gasteiger partial charge in [0.15, 0.2) is 17.5 Å². The van der Waals surface area contributed by atoms with Gasteiger partial charge >= 0.3 is 0 Å². The van der Waals surface area contributed by atoms with Gasteiger partial charge in [-0.3, -0.25) is 0 Å². The first-order valence-corrected chi connectivity index (χ1v) is 6.83. The van der Waals surface area contributed by atoms with Crippen LogP contribution in [0.5, 0.6) is 0 Å². The Hall–Kier alpha value is -1.33. The van der Waals surface area contributed by atoms with Gasteiger partial charge < -0.3 is 5.32 Å². The summed E-state index contributed by atoms with van der Waals surface area (Å²) in [6.07, 6.45) is 0.999. The van der Waals surface area contributed by atoms with E-state index in [0.29, 0.717) is 18.7 Å². The highest BCUT2D eigenvalue weighted by atomic mass is 32.1. The molecule has 0 radical (unpaired) electrons. The number of thiophene rings is 1. The average Bonchev–Trinajstić information content (AvgIpc) is 2.84. The minimum Gasteiger partial charge on any atom is -0.308 e. The zero-order valence-electron chi connectivity index (χ0n) is 10.5. The van der Waals surface area contributed by atoms with E-state index in [4.69, 9.17) is 0 Å². The maximum atomic E-state index is 13.0. The second kappa shape index (κ2) is 6.21. The normalized spacial score (nSPS) is 10.9. The van der Waals surface area contributed by atoms with Gasteiger partial charge in [0.25, 0.3) is 0 Å². The van der Waals surface area contributed by atoms with Crippen LogP contribution in [0.15, 0.2) is 24.3 Å². The van der Waals surface area contributed by atoms with Crippen molar-refractivity contribution in [1.29, 1.82) is 0 Å². The number of hydrogen-bond acceptors (Lipinski definition) is 2. The molecule has 0 aliphatic carbocycles. The topological polar surface area (TPSA) is 12.0 Å². The van der Waals surface area contributed by atoms with Crippen LogP contribution in [0.3, 0.4) is 0 Å². The number of benzene rings is 1. The van der Waals surface area contributed by atoms with Gasteiger partial charge in [0.1, 0.15) is 0 Å². The maximum Gasteiger partial charge on any atom is 0.194 e. The third kappa shape index (κ3) is 3.58. The third-order valence-electron chi connectivity index (χ3n) is 2.74. The molecule has 0 spiro atoms. The summed E-state index contributed by atoms with van der Waals surface area (Å²) in [4.78, 5) is 2.47. The molecular formula is C14H14F3NS. The minimum absolute atomic E-state index is 0.299. The molecule has 102 valence electrons. The Morgan fingerprint density at radius 1 is 1.00 bits per heavy atom. The fourth-order valence-electron chi connectivity index (χ4n) is 1.75. The molecule has 0 unspecified atom stereocenters. The summed E-state index contributed by atoms with van der Waals surface area (Å²) < 4.78 is 38.8. The van der Waals surface area contributed by atoms with Gasteiger partial charge in [0.2, 0.25) is 0 Å². The van der Waals surface area contributed by atoms with E-state index in [2.05, 4.69) is 18.3 Å². The van der Waals surface area contributed by atoms with Gasteiger partial charge in [-0.05, 0) is 36.2 Å². The molecule has 1 nitrogen and oxygen atoms in total. The van der Waals surface area contributed by atoms with E-state index in [9.17, 15) is 13.2 Å². The Morgan fingerprint density at radius 2 is 1.63 bits per heavy atom. The number of nitrogens with one attached hydrogen (secondary N) is 1. The zero-order valence-corrected chi connectivity index (χ0v) is 11.3. The van der Waals surface area contributed by atoms with Crippen LogP contribution in [-0.4, -0.2) is 0 Å². The van der Waals surface area contributed by atoms with E-state index in [0.717, 1.165) is 18.6 Å². The highest BCUT2D eigenvalue weighted by molar-refractivity contribution is 7.11. The second-order valence-electron chi connectivity index (χ2n) is 4.20. The van der Waals surface area contributed by atoms with Crippen LogP contribution in [-0.2, 0) is 19.5 Å². The zero-order chi connectivity index (χ0) is 13.8. The maximum absolute atomic E-state index is 13.0. The predicted octanol–water partition coefficient (Wildman–Crippen LogP) is 4.02. The Labute approximate surface area is 114 Å². The standard InChI is InChI=1S/C14H14F3NS/c1-2-10-3-4-11(19-10)8-18-7-9-5-12(15)14(17)13(16)6-9/h3-6,18H,2,7-8H2,1H3. The lowest BCUT2D eigenvalue weighted by Gasteiger charge is -2.05. The molecule has 1 N–H and O–H groups in total. The van der Waals surface area contributed by atoms with Crippen LogP contribution >= 0.6 is 11.3 Å². The average molecular weight is 285 g/mol. The minimum atomic E-state index is -1.42. The third-order valence-corrected chi connectivity index (χ3v) is 3.97. The van der Waals surface area contributed by atoms with Crippen LogP contribution in [0.1, 0.15) is 22.2 Å². The van der Waals surface area contributed by atoms with Crippen LogP contribution in [0.2, 0.25) is 0 Å². The first kappa shape index (κ1) is 14.1. The molecule has 0 aliphatic heterocycles. The SMILES string of the molecule is CCc1ccc(CNCc2cc(F)c(F)c(F)c2)s1. The number of aryl methyl sites for hydroxylation is 1. The Bertz CT molecular complexity index is 543. The van der Waals surface area contributed by atoms with Crippen molar-refractivity contribution in [3.63, 3.8) is 0 Å². The molecule has 2 aromatic rings. The molecular weight excluding hydrogens is 271 g/mol. The first-order valence-electron chi connectivity index (χ1n) is 6.02. The number of halogens is 3. The highest BCUT2D eigenvalue weighted by Crippen LogP contribution is 2.17. The van der Waals surface area contributed by atoms with E-state index in [1.165, 1.54) is 9.75 Å². The smallest absolute Gasteiger partial charge is 0.194 e. The van der Waals surface area contributed by atoms with Crippen molar-refractivity contribution in [2.45, 2.75) is 26.4 Å². The van der Waals surface area contributed by atoms with E-state index < -0.39 is 17.5 Å². The second-order valence-corrected chi connectivity index (χ2v) is 5.45. The van der Waals surface area contributed by atoms with Gasteiger partial charge in [-0.25, -0.2) is 13.2 Å². The quantitative estimate of drug-likeness (QED) is 0.818. The molecule has 0 bridgehead atoms. The van der Waals surface area contributed by atoms with Crippen molar-refractivity contribution in [1.82, 2.24) is 5.32 Å². The molecule has 0 saturated carbocycles. The Kier molecular flexibility index (Phi) is 4.61. The largest absolute Gasteiger partial charge is 0.308 e. The van der Waals surface area contributed by atoms with Crippen molar-refractivity contribution < 1.29 is 13.2 Å². The summed E-state index contributed by atoms with van der Waals surface area (Å²) in [7, 11) is 0. The lowest BCUT2D eigenvalue weighted by molar-refractivity contribution is 0.444. The molecule has 1 aromatic carbocycles. The fourth-order valence-corrected chi connectivity index (χ4v) is 2.67. The summed E-state index contributed by atoms with van der Waals surface area (Å²) in [5.41, 5.74) is 0.392. The van der Waals surface area contributed by atoms with Gasteiger partial charge in [-0.1, -0.05) is 6.92 Å². The van der Waals surface area contributed by atoms with E-state index in [-0.39, 0.29) is 0 Å². The van der Waals surface area contributed by atoms with Crippen molar-refractivity contribution in [3.05, 3.63) is 57.0 Å². The lowest BCUT2D eigenvalue weighted by Crippen LogP contribution is -2.12. The molecule has 2 rings (SSSR count). The molecule has 1 heterocycles. The highest BCUT2D eigenvalue weighted by Gasteiger charge is 2.10. The molecule has 0 aliphatic rings. The molecule has 19 heavy (non-hydrogen) atoms. The van der Waals surface area contributed by atoms with Crippen molar-refractivity contribution in [2.75, 3.05) is 0 Å². The van der Waals surface area contributed by atoms with E-state index in [1.807, 2.05) is 6.07 Å². The van der Waals surface area contributed by atoms with Crippen LogP contribution in [0.25, 0.3) is 0 Å². The van der Waals surface area contributed by atoms with E-state index >= 15 is 0 Å². The molecule has 1 aromatic heterocycles. The number of hydrogen-bond donors (Lipinski definition) is 1. The number of rotatable bonds is 5. The van der Waals surface area contributed by atoms with E-state index in [1.54, 1.807) is 11.3 Å². The van der Waals surface area contributed by atoms with Crippen LogP contribution < -0.4 is 5.32 Å². The predicted molar refractivity (Wildman–Crippen MR) is 70.6 cm³/mol. The molecule has 0 amide bonds. The molecule has 0 atom stereocenters.